The molecular formula is C15H23IN4O3. The van der Waals surface area contributed by atoms with Crippen LogP contribution in [0.15, 0.2) is 29.3 Å². The molecule has 23 heavy (non-hydrogen) atoms. The van der Waals surface area contributed by atoms with E-state index in [1.165, 1.54) is 6.07 Å². The number of rotatable bonds is 5. The third-order valence-electron chi connectivity index (χ3n) is 3.74. The van der Waals surface area contributed by atoms with Crippen LogP contribution in [0.1, 0.15) is 25.3 Å². The van der Waals surface area contributed by atoms with Crippen LogP contribution in [0.2, 0.25) is 0 Å². The smallest absolute Gasteiger partial charge is 0.269 e. The standard InChI is InChI=1S/C15H22N4O3.HI/c1-15(7-4-8-22-15)11-18-14(16-2)17-10-12-5-3-6-13(9-12)19(20)21;/h3,5-6,9H,4,7-8,10-11H2,1-2H3,(H2,16,17,18);1H. The molecule has 7 nitrogen and oxygen atoms in total. The summed E-state index contributed by atoms with van der Waals surface area (Å²) >= 11 is 0. The molecule has 8 heteroatoms. The maximum atomic E-state index is 10.8. The number of nitro benzene ring substituents is 1. The number of hydrogen-bond donors (Lipinski definition) is 2. The zero-order chi connectivity index (χ0) is 16.0. The number of hydrogen-bond acceptors (Lipinski definition) is 4. The fraction of sp³-hybridized carbons (Fsp3) is 0.533. The van der Waals surface area contributed by atoms with Crippen molar-refractivity contribution in [3.8, 4) is 0 Å². The summed E-state index contributed by atoms with van der Waals surface area (Å²) in [6, 6.07) is 6.56. The molecule has 0 saturated carbocycles. The third-order valence-corrected chi connectivity index (χ3v) is 3.74. The van der Waals surface area contributed by atoms with Crippen molar-refractivity contribution in [3.05, 3.63) is 39.9 Å². The largest absolute Gasteiger partial charge is 0.373 e. The van der Waals surface area contributed by atoms with Gasteiger partial charge >= 0.3 is 0 Å². The number of ether oxygens (including phenoxy) is 1. The SMILES string of the molecule is CN=C(NCc1cccc([N+](=O)[O-])c1)NCC1(C)CCCO1.I. The molecule has 0 bridgehead atoms. The van der Waals surface area contributed by atoms with Gasteiger partial charge in [0.15, 0.2) is 5.96 Å². The third kappa shape index (κ3) is 5.94. The number of halogens is 1. The average Bonchev–Trinajstić information content (AvgIpc) is 2.95. The Bertz CT molecular complexity index is 559. The lowest BCUT2D eigenvalue weighted by molar-refractivity contribution is -0.384. The first-order valence-corrected chi connectivity index (χ1v) is 7.34. The van der Waals surface area contributed by atoms with Crippen molar-refractivity contribution in [2.75, 3.05) is 20.2 Å². The van der Waals surface area contributed by atoms with Crippen molar-refractivity contribution in [2.24, 2.45) is 4.99 Å². The molecule has 1 fully saturated rings. The van der Waals surface area contributed by atoms with Gasteiger partial charge in [0.1, 0.15) is 0 Å². The minimum absolute atomic E-state index is 0. The van der Waals surface area contributed by atoms with Gasteiger partial charge in [0.25, 0.3) is 5.69 Å². The number of nitrogens with one attached hydrogen (secondary N) is 2. The van der Waals surface area contributed by atoms with Crippen molar-refractivity contribution in [1.82, 2.24) is 10.6 Å². The Morgan fingerprint density at radius 1 is 1.48 bits per heavy atom. The molecular weight excluding hydrogens is 411 g/mol. The van der Waals surface area contributed by atoms with E-state index in [2.05, 4.69) is 22.5 Å². The van der Waals surface area contributed by atoms with E-state index in [0.717, 1.165) is 25.0 Å². The van der Waals surface area contributed by atoms with E-state index in [0.29, 0.717) is 19.0 Å². The van der Waals surface area contributed by atoms with Gasteiger partial charge in [-0.15, -0.1) is 24.0 Å². The molecule has 0 aromatic heterocycles. The number of nitro groups is 1. The molecule has 1 unspecified atom stereocenters. The van der Waals surface area contributed by atoms with Crippen molar-refractivity contribution in [3.63, 3.8) is 0 Å². The first kappa shape index (κ1) is 19.6. The molecule has 1 aliphatic rings. The van der Waals surface area contributed by atoms with E-state index in [4.69, 9.17) is 4.74 Å². The molecule has 2 rings (SSSR count). The van der Waals surface area contributed by atoms with Crippen LogP contribution in [0.3, 0.4) is 0 Å². The Morgan fingerprint density at radius 2 is 2.26 bits per heavy atom. The maximum Gasteiger partial charge on any atom is 0.269 e. The highest BCUT2D eigenvalue weighted by Gasteiger charge is 2.29. The summed E-state index contributed by atoms with van der Waals surface area (Å²) in [4.78, 5) is 14.5. The molecule has 1 saturated heterocycles. The molecule has 2 N–H and O–H groups in total. The molecule has 1 aliphatic heterocycles. The fourth-order valence-corrected chi connectivity index (χ4v) is 2.43. The summed E-state index contributed by atoms with van der Waals surface area (Å²) in [6.45, 7) is 4.04. The van der Waals surface area contributed by atoms with Gasteiger partial charge in [-0.05, 0) is 25.3 Å². The highest BCUT2D eigenvalue weighted by atomic mass is 127. The van der Waals surface area contributed by atoms with Gasteiger partial charge in [-0.25, -0.2) is 0 Å². The number of guanidine groups is 1. The van der Waals surface area contributed by atoms with E-state index in [1.54, 1.807) is 19.2 Å². The monoisotopic (exact) mass is 434 g/mol. The van der Waals surface area contributed by atoms with Gasteiger partial charge in [-0.1, -0.05) is 12.1 Å². The molecule has 1 aromatic carbocycles. The number of non-ortho nitro benzene ring substituents is 1. The van der Waals surface area contributed by atoms with Gasteiger partial charge in [0.05, 0.1) is 10.5 Å². The van der Waals surface area contributed by atoms with Gasteiger partial charge < -0.3 is 15.4 Å². The Hall–Kier alpha value is -1.42. The van der Waals surface area contributed by atoms with Crippen LogP contribution >= 0.6 is 24.0 Å². The lowest BCUT2D eigenvalue weighted by atomic mass is 10.0. The summed E-state index contributed by atoms with van der Waals surface area (Å²) in [5, 5.41) is 17.2. The molecule has 128 valence electrons. The molecule has 1 aromatic rings. The Kier molecular flexibility index (Phi) is 7.69. The lowest BCUT2D eigenvalue weighted by Crippen LogP contribution is -2.45. The predicted octanol–water partition coefficient (Wildman–Crippen LogP) is 2.45. The Labute approximate surface area is 153 Å². The fourth-order valence-electron chi connectivity index (χ4n) is 2.43. The van der Waals surface area contributed by atoms with Crippen molar-refractivity contribution in [1.29, 1.82) is 0 Å². The number of aliphatic imine (C=N–C) groups is 1. The van der Waals surface area contributed by atoms with E-state index in [9.17, 15) is 10.1 Å². The maximum absolute atomic E-state index is 10.8. The van der Waals surface area contributed by atoms with Gasteiger partial charge in [-0.3, -0.25) is 15.1 Å². The molecule has 1 heterocycles. The van der Waals surface area contributed by atoms with Crippen molar-refractivity contribution < 1.29 is 9.66 Å². The molecule has 0 spiro atoms. The van der Waals surface area contributed by atoms with E-state index in [1.807, 2.05) is 6.07 Å². The summed E-state index contributed by atoms with van der Waals surface area (Å²) in [5.74, 6) is 0.656. The normalized spacial score (nSPS) is 20.7. The minimum atomic E-state index is -0.394. The van der Waals surface area contributed by atoms with Crippen LogP contribution in [0.4, 0.5) is 5.69 Å². The topological polar surface area (TPSA) is 88.8 Å². The molecule has 0 radical (unpaired) electrons. The zero-order valence-electron chi connectivity index (χ0n) is 13.4. The van der Waals surface area contributed by atoms with Crippen LogP contribution in [0.5, 0.6) is 0 Å². The van der Waals surface area contributed by atoms with Crippen LogP contribution in [-0.4, -0.2) is 36.7 Å². The second kappa shape index (κ2) is 9.02. The van der Waals surface area contributed by atoms with E-state index in [-0.39, 0.29) is 35.3 Å². The highest BCUT2D eigenvalue weighted by Crippen LogP contribution is 2.23. The Balaban J connectivity index is 0.00000264. The molecule has 0 aliphatic carbocycles. The first-order valence-electron chi connectivity index (χ1n) is 7.34. The summed E-state index contributed by atoms with van der Waals surface area (Å²) in [7, 11) is 1.70. The van der Waals surface area contributed by atoms with Crippen molar-refractivity contribution >= 4 is 35.6 Å². The van der Waals surface area contributed by atoms with Crippen LogP contribution in [0.25, 0.3) is 0 Å². The van der Waals surface area contributed by atoms with Gasteiger partial charge in [0, 0.05) is 38.9 Å². The summed E-state index contributed by atoms with van der Waals surface area (Å²) in [5.41, 5.74) is 0.776. The first-order chi connectivity index (χ1) is 10.5. The molecule has 0 amide bonds. The molecule has 1 atom stereocenters. The van der Waals surface area contributed by atoms with Crippen LogP contribution in [-0.2, 0) is 11.3 Å². The zero-order valence-corrected chi connectivity index (χ0v) is 15.7. The summed E-state index contributed by atoms with van der Waals surface area (Å²) in [6.07, 6.45) is 2.11. The van der Waals surface area contributed by atoms with E-state index < -0.39 is 4.92 Å². The second-order valence-electron chi connectivity index (χ2n) is 5.61. The number of nitrogens with zero attached hydrogens (tertiary/aromatic N) is 2. The summed E-state index contributed by atoms with van der Waals surface area (Å²) < 4.78 is 5.72. The predicted molar refractivity (Wildman–Crippen MR) is 100 cm³/mol. The Morgan fingerprint density at radius 3 is 2.87 bits per heavy atom. The number of benzene rings is 1. The van der Waals surface area contributed by atoms with Crippen LogP contribution < -0.4 is 10.6 Å². The minimum Gasteiger partial charge on any atom is -0.373 e. The second-order valence-corrected chi connectivity index (χ2v) is 5.61. The average molecular weight is 434 g/mol. The van der Waals surface area contributed by atoms with Crippen molar-refractivity contribution in [2.45, 2.75) is 31.9 Å². The van der Waals surface area contributed by atoms with E-state index >= 15 is 0 Å². The quantitative estimate of drug-likeness (QED) is 0.244. The van der Waals surface area contributed by atoms with Crippen LogP contribution in [0, 0.1) is 10.1 Å². The van der Waals surface area contributed by atoms with Gasteiger partial charge in [0.2, 0.25) is 0 Å². The van der Waals surface area contributed by atoms with Gasteiger partial charge in [-0.2, -0.15) is 0 Å². The lowest BCUT2D eigenvalue weighted by Gasteiger charge is -2.24. The highest BCUT2D eigenvalue weighted by molar-refractivity contribution is 14.0.